The Bertz CT molecular complexity index is 914. The van der Waals surface area contributed by atoms with Gasteiger partial charge in [0.25, 0.3) is 0 Å². The van der Waals surface area contributed by atoms with Crippen molar-refractivity contribution < 1.29 is 9.52 Å². The van der Waals surface area contributed by atoms with Crippen molar-refractivity contribution in [2.45, 2.75) is 12.5 Å². The first kappa shape index (κ1) is 13.1. The third kappa shape index (κ3) is 1.92. The van der Waals surface area contributed by atoms with Crippen LogP contribution in [0.2, 0.25) is 0 Å². The molecule has 110 valence electrons. The molecule has 4 rings (SSSR count). The van der Waals surface area contributed by atoms with Gasteiger partial charge < -0.3 is 14.8 Å². The molecule has 0 saturated carbocycles. The summed E-state index contributed by atoms with van der Waals surface area (Å²) in [4.78, 5) is 12.4. The summed E-state index contributed by atoms with van der Waals surface area (Å²) >= 11 is 0. The summed E-state index contributed by atoms with van der Waals surface area (Å²) in [5, 5.41) is 14.5. The van der Waals surface area contributed by atoms with E-state index in [9.17, 15) is 9.90 Å². The molecule has 1 atom stereocenters. The predicted octanol–water partition coefficient (Wildman–Crippen LogP) is 2.73. The molecule has 22 heavy (non-hydrogen) atoms. The number of para-hydroxylation sites is 1. The topological polar surface area (TPSA) is 62.5 Å². The summed E-state index contributed by atoms with van der Waals surface area (Å²) in [6, 6.07) is 14.7. The average Bonchev–Trinajstić information content (AvgIpc) is 2.55. The van der Waals surface area contributed by atoms with Gasteiger partial charge in [-0.05, 0) is 29.7 Å². The van der Waals surface area contributed by atoms with E-state index in [1.165, 1.54) is 5.56 Å². The summed E-state index contributed by atoms with van der Waals surface area (Å²) in [6.07, 6.45) is 0.909. The summed E-state index contributed by atoms with van der Waals surface area (Å²) in [6.45, 7) is 0.757. The normalized spacial score (nSPS) is 17.4. The van der Waals surface area contributed by atoms with E-state index in [0.29, 0.717) is 11.0 Å². The standard InChI is InChI=1S/C18H15NO3/c20-17-13-7-3-4-8-14(13)22-18(21)15(17)16-12-6-2-1-5-11(12)9-10-19-16/h1-8,16,19-20H,9-10H2. The van der Waals surface area contributed by atoms with E-state index in [1.807, 2.05) is 24.3 Å². The van der Waals surface area contributed by atoms with Crippen LogP contribution in [0.25, 0.3) is 11.0 Å². The summed E-state index contributed by atoms with van der Waals surface area (Å²) in [5.41, 5.74) is 2.40. The van der Waals surface area contributed by atoms with Gasteiger partial charge in [-0.15, -0.1) is 0 Å². The monoisotopic (exact) mass is 293 g/mol. The molecule has 4 heteroatoms. The number of rotatable bonds is 1. The Morgan fingerprint density at radius 3 is 2.77 bits per heavy atom. The summed E-state index contributed by atoms with van der Waals surface area (Å²) < 4.78 is 5.39. The van der Waals surface area contributed by atoms with Gasteiger partial charge in [0.15, 0.2) is 0 Å². The van der Waals surface area contributed by atoms with Crippen LogP contribution in [0, 0.1) is 0 Å². The molecule has 0 spiro atoms. The SMILES string of the molecule is O=c1oc2ccccc2c(O)c1C1NCCc2ccccc21. The van der Waals surface area contributed by atoms with Gasteiger partial charge in [-0.1, -0.05) is 36.4 Å². The Kier molecular flexibility index (Phi) is 2.98. The van der Waals surface area contributed by atoms with Crippen LogP contribution in [0.15, 0.2) is 57.7 Å². The molecule has 0 fully saturated rings. The molecule has 1 aromatic heterocycles. The number of aromatic hydroxyl groups is 1. The maximum Gasteiger partial charge on any atom is 0.345 e. The zero-order chi connectivity index (χ0) is 15.1. The van der Waals surface area contributed by atoms with Crippen LogP contribution in [0.4, 0.5) is 0 Å². The van der Waals surface area contributed by atoms with Crippen molar-refractivity contribution in [2.75, 3.05) is 6.54 Å². The molecule has 0 saturated heterocycles. The first-order valence-electron chi connectivity index (χ1n) is 7.31. The van der Waals surface area contributed by atoms with Crippen molar-refractivity contribution in [1.29, 1.82) is 0 Å². The lowest BCUT2D eigenvalue weighted by atomic mass is 9.90. The minimum absolute atomic E-state index is 0.000975. The molecule has 0 aliphatic carbocycles. The second-order valence-corrected chi connectivity index (χ2v) is 5.48. The lowest BCUT2D eigenvalue weighted by Crippen LogP contribution is -2.33. The van der Waals surface area contributed by atoms with Gasteiger partial charge in [0.2, 0.25) is 0 Å². The van der Waals surface area contributed by atoms with E-state index in [1.54, 1.807) is 18.2 Å². The van der Waals surface area contributed by atoms with Gasteiger partial charge in [-0.3, -0.25) is 0 Å². The van der Waals surface area contributed by atoms with Crippen LogP contribution in [0.5, 0.6) is 5.75 Å². The maximum atomic E-state index is 12.4. The third-order valence-electron chi connectivity index (χ3n) is 4.22. The highest BCUT2D eigenvalue weighted by Gasteiger charge is 2.28. The van der Waals surface area contributed by atoms with Crippen molar-refractivity contribution >= 4 is 11.0 Å². The predicted molar refractivity (Wildman–Crippen MR) is 84.1 cm³/mol. The van der Waals surface area contributed by atoms with Crippen LogP contribution < -0.4 is 10.9 Å². The zero-order valence-corrected chi connectivity index (χ0v) is 11.9. The quantitative estimate of drug-likeness (QED) is 0.677. The number of nitrogens with one attached hydrogen (secondary N) is 1. The fraction of sp³-hybridized carbons (Fsp3) is 0.167. The molecule has 2 heterocycles. The van der Waals surface area contributed by atoms with Gasteiger partial charge in [0.05, 0.1) is 11.4 Å². The van der Waals surface area contributed by atoms with Crippen molar-refractivity contribution in [3.05, 3.63) is 75.6 Å². The molecule has 1 aliphatic heterocycles. The van der Waals surface area contributed by atoms with E-state index >= 15 is 0 Å². The first-order valence-corrected chi connectivity index (χ1v) is 7.31. The molecular formula is C18H15NO3. The molecule has 1 aliphatic rings. The molecule has 2 N–H and O–H groups in total. The van der Waals surface area contributed by atoms with Crippen LogP contribution in [0.3, 0.4) is 0 Å². The molecular weight excluding hydrogens is 278 g/mol. The molecule has 0 amide bonds. The fourth-order valence-electron chi connectivity index (χ4n) is 3.16. The van der Waals surface area contributed by atoms with Gasteiger partial charge in [-0.25, -0.2) is 4.79 Å². The Morgan fingerprint density at radius 2 is 1.86 bits per heavy atom. The minimum atomic E-state index is -0.495. The number of hydrogen-bond donors (Lipinski definition) is 2. The van der Waals surface area contributed by atoms with E-state index in [2.05, 4.69) is 11.4 Å². The average molecular weight is 293 g/mol. The Balaban J connectivity index is 1.98. The lowest BCUT2D eigenvalue weighted by Gasteiger charge is -2.27. The van der Waals surface area contributed by atoms with E-state index < -0.39 is 5.63 Å². The molecule has 2 aromatic carbocycles. The largest absolute Gasteiger partial charge is 0.507 e. The summed E-state index contributed by atoms with van der Waals surface area (Å²) in [5.74, 6) is 0.000975. The molecule has 3 aromatic rings. The van der Waals surface area contributed by atoms with E-state index in [0.717, 1.165) is 18.5 Å². The van der Waals surface area contributed by atoms with Gasteiger partial charge in [0, 0.05) is 6.54 Å². The van der Waals surface area contributed by atoms with Crippen LogP contribution in [-0.2, 0) is 6.42 Å². The van der Waals surface area contributed by atoms with Crippen molar-refractivity contribution in [3.63, 3.8) is 0 Å². The second kappa shape index (κ2) is 5.00. The van der Waals surface area contributed by atoms with Gasteiger partial charge in [0.1, 0.15) is 16.9 Å². The van der Waals surface area contributed by atoms with E-state index in [-0.39, 0.29) is 17.4 Å². The molecule has 0 bridgehead atoms. The van der Waals surface area contributed by atoms with Gasteiger partial charge in [-0.2, -0.15) is 0 Å². The third-order valence-corrected chi connectivity index (χ3v) is 4.22. The van der Waals surface area contributed by atoms with Crippen LogP contribution >= 0.6 is 0 Å². The van der Waals surface area contributed by atoms with Crippen molar-refractivity contribution in [3.8, 4) is 5.75 Å². The van der Waals surface area contributed by atoms with Gasteiger partial charge >= 0.3 is 5.63 Å². The van der Waals surface area contributed by atoms with Crippen LogP contribution in [-0.4, -0.2) is 11.7 Å². The molecule has 1 unspecified atom stereocenters. The highest BCUT2D eigenvalue weighted by atomic mass is 16.4. The zero-order valence-electron chi connectivity index (χ0n) is 11.9. The van der Waals surface area contributed by atoms with Crippen LogP contribution in [0.1, 0.15) is 22.7 Å². The fourth-order valence-corrected chi connectivity index (χ4v) is 3.16. The maximum absolute atomic E-state index is 12.4. The second-order valence-electron chi connectivity index (χ2n) is 5.48. The number of fused-ring (bicyclic) bond motifs is 2. The minimum Gasteiger partial charge on any atom is -0.507 e. The van der Waals surface area contributed by atoms with Crippen molar-refractivity contribution in [1.82, 2.24) is 5.32 Å². The highest BCUT2D eigenvalue weighted by molar-refractivity contribution is 5.84. The number of benzene rings is 2. The number of hydrogen-bond acceptors (Lipinski definition) is 4. The Labute approximate surface area is 127 Å². The van der Waals surface area contributed by atoms with Crippen molar-refractivity contribution in [2.24, 2.45) is 0 Å². The first-order chi connectivity index (χ1) is 10.8. The smallest absolute Gasteiger partial charge is 0.345 e. The van der Waals surface area contributed by atoms with E-state index in [4.69, 9.17) is 4.42 Å². The Hall–Kier alpha value is -2.59. The molecule has 4 nitrogen and oxygen atoms in total. The molecule has 0 radical (unpaired) electrons. The lowest BCUT2D eigenvalue weighted by molar-refractivity contribution is 0.437. The Morgan fingerprint density at radius 1 is 1.09 bits per heavy atom. The highest BCUT2D eigenvalue weighted by Crippen LogP contribution is 2.35. The summed E-state index contributed by atoms with van der Waals surface area (Å²) in [7, 11) is 0.